The Morgan fingerprint density at radius 1 is 1.22 bits per heavy atom. The topological polar surface area (TPSA) is 87.3 Å². The van der Waals surface area contributed by atoms with E-state index < -0.39 is 5.97 Å². The number of carbonyl (C=O) groups excluding carboxylic acids is 1. The Bertz CT molecular complexity index is 931. The minimum Gasteiger partial charge on any atom is -0.496 e. The lowest BCUT2D eigenvalue weighted by Gasteiger charge is -2.06. The Hall–Kier alpha value is -2.70. The molecular formula is C20H22ClN3O3. The number of benzene rings is 2. The van der Waals surface area contributed by atoms with E-state index in [4.69, 9.17) is 26.8 Å². The molecule has 1 heterocycles. The van der Waals surface area contributed by atoms with Crippen molar-refractivity contribution in [3.8, 4) is 5.75 Å². The van der Waals surface area contributed by atoms with Crippen LogP contribution in [0.15, 0.2) is 42.7 Å². The van der Waals surface area contributed by atoms with Gasteiger partial charge in [-0.3, -0.25) is 0 Å². The number of methoxy groups -OCH3 is 1. The zero-order valence-electron chi connectivity index (χ0n) is 15.5. The molecule has 0 radical (unpaired) electrons. The van der Waals surface area contributed by atoms with Gasteiger partial charge in [0, 0.05) is 17.5 Å². The number of hydrogen-bond donors (Lipinski definition) is 1. The predicted octanol–water partition coefficient (Wildman–Crippen LogP) is 3.92. The van der Waals surface area contributed by atoms with Crippen molar-refractivity contribution in [3.63, 3.8) is 0 Å². The summed E-state index contributed by atoms with van der Waals surface area (Å²) < 4.78 is 10.1. The zero-order chi connectivity index (χ0) is 19.8. The number of aryl methyl sites for hydroxylation is 1. The summed E-state index contributed by atoms with van der Waals surface area (Å²) in [6, 6.07) is 11.2. The third-order valence-corrected chi connectivity index (χ3v) is 4.08. The maximum Gasteiger partial charge on any atom is 0.340 e. The van der Waals surface area contributed by atoms with Gasteiger partial charge in [-0.1, -0.05) is 29.8 Å². The third-order valence-electron chi connectivity index (χ3n) is 3.77. The summed E-state index contributed by atoms with van der Waals surface area (Å²) >= 11 is 5.91. The number of ether oxygens (including phenoxy) is 2. The van der Waals surface area contributed by atoms with Crippen LogP contribution in [0.25, 0.3) is 10.9 Å². The maximum atomic E-state index is 11.6. The number of halogens is 1. The number of hydrogen-bond acceptors (Lipinski definition) is 6. The molecule has 0 unspecified atom stereocenters. The van der Waals surface area contributed by atoms with Crippen molar-refractivity contribution >= 4 is 28.5 Å². The Morgan fingerprint density at radius 2 is 2.00 bits per heavy atom. The molecule has 0 saturated carbocycles. The Labute approximate surface area is 163 Å². The molecule has 6 nitrogen and oxygen atoms in total. The molecule has 0 aliphatic carbocycles. The zero-order valence-corrected chi connectivity index (χ0v) is 16.3. The maximum absolute atomic E-state index is 11.6. The first-order chi connectivity index (χ1) is 13.0. The summed E-state index contributed by atoms with van der Waals surface area (Å²) in [5.74, 6) is 0.482. The summed E-state index contributed by atoms with van der Waals surface area (Å²) in [5, 5.41) is 0.978. The highest BCUT2D eigenvalue weighted by Crippen LogP contribution is 2.22. The van der Waals surface area contributed by atoms with Crippen molar-refractivity contribution in [1.82, 2.24) is 9.97 Å². The van der Waals surface area contributed by atoms with Crippen molar-refractivity contribution in [1.29, 1.82) is 0 Å². The van der Waals surface area contributed by atoms with Gasteiger partial charge in [0.15, 0.2) is 0 Å². The minimum atomic E-state index is -0.400. The summed E-state index contributed by atoms with van der Waals surface area (Å²) in [6.07, 6.45) is 1.33. The third kappa shape index (κ3) is 5.15. The first-order valence-corrected chi connectivity index (χ1v) is 8.79. The molecule has 3 rings (SSSR count). The number of nitrogens with two attached hydrogens (primary N) is 1. The highest BCUT2D eigenvalue weighted by Gasteiger charge is 2.13. The van der Waals surface area contributed by atoms with Crippen LogP contribution in [0.4, 0.5) is 0 Å². The molecule has 0 saturated heterocycles. The van der Waals surface area contributed by atoms with Crippen molar-refractivity contribution in [2.45, 2.75) is 20.4 Å². The van der Waals surface area contributed by atoms with Gasteiger partial charge in [0.2, 0.25) is 0 Å². The van der Waals surface area contributed by atoms with Crippen LogP contribution in [-0.2, 0) is 11.3 Å². The van der Waals surface area contributed by atoms with Gasteiger partial charge in [0.25, 0.3) is 0 Å². The number of nitrogens with zero attached hydrogens (tertiary/aromatic N) is 2. The van der Waals surface area contributed by atoms with Gasteiger partial charge in [-0.05, 0) is 37.6 Å². The van der Waals surface area contributed by atoms with E-state index in [-0.39, 0.29) is 0 Å². The van der Waals surface area contributed by atoms with Gasteiger partial charge < -0.3 is 15.2 Å². The number of para-hydroxylation sites is 1. The van der Waals surface area contributed by atoms with Gasteiger partial charge in [-0.15, -0.1) is 0 Å². The van der Waals surface area contributed by atoms with Crippen LogP contribution in [0.1, 0.15) is 28.4 Å². The summed E-state index contributed by atoms with van der Waals surface area (Å²) in [5.41, 5.74) is 8.66. The number of carbonyl (C=O) groups is 1. The highest BCUT2D eigenvalue weighted by molar-refractivity contribution is 6.34. The first kappa shape index (κ1) is 20.6. The fraction of sp³-hybridized carbons (Fsp3) is 0.250. The summed E-state index contributed by atoms with van der Waals surface area (Å²) in [6.45, 7) is 4.64. The SMILES string of the molecule is CCOC(=O)c1cccc2c(Cl)ncnc12.COc1cc(C)ccc1CN. The van der Waals surface area contributed by atoms with Crippen molar-refractivity contribution in [2.24, 2.45) is 5.73 Å². The van der Waals surface area contributed by atoms with Crippen LogP contribution in [-0.4, -0.2) is 29.7 Å². The molecule has 0 fully saturated rings. The van der Waals surface area contributed by atoms with E-state index in [1.54, 1.807) is 32.2 Å². The molecule has 0 bridgehead atoms. The molecule has 3 aromatic rings. The van der Waals surface area contributed by atoms with Gasteiger partial charge in [0.1, 0.15) is 17.2 Å². The van der Waals surface area contributed by atoms with E-state index in [2.05, 4.69) is 9.97 Å². The van der Waals surface area contributed by atoms with E-state index >= 15 is 0 Å². The van der Waals surface area contributed by atoms with Crippen LogP contribution in [0.3, 0.4) is 0 Å². The molecule has 0 aliphatic heterocycles. The molecule has 0 aliphatic rings. The van der Waals surface area contributed by atoms with Gasteiger partial charge in [-0.25, -0.2) is 14.8 Å². The van der Waals surface area contributed by atoms with Crippen molar-refractivity contribution in [2.75, 3.05) is 13.7 Å². The van der Waals surface area contributed by atoms with Crippen LogP contribution in [0.2, 0.25) is 5.15 Å². The number of esters is 1. The van der Waals surface area contributed by atoms with Gasteiger partial charge in [0.05, 0.1) is 24.8 Å². The number of rotatable bonds is 4. The first-order valence-electron chi connectivity index (χ1n) is 8.41. The second-order valence-corrected chi connectivity index (χ2v) is 5.96. The molecular weight excluding hydrogens is 366 g/mol. The molecule has 7 heteroatoms. The Balaban J connectivity index is 0.000000208. The highest BCUT2D eigenvalue weighted by atomic mass is 35.5. The van der Waals surface area contributed by atoms with Crippen LogP contribution in [0, 0.1) is 6.92 Å². The molecule has 2 aromatic carbocycles. The van der Waals surface area contributed by atoms with Crippen LogP contribution < -0.4 is 10.5 Å². The molecule has 0 amide bonds. The Kier molecular flexibility index (Phi) is 7.52. The Morgan fingerprint density at radius 3 is 2.67 bits per heavy atom. The number of aromatic nitrogens is 2. The molecule has 27 heavy (non-hydrogen) atoms. The number of fused-ring (bicyclic) bond motifs is 1. The van der Waals surface area contributed by atoms with Crippen LogP contribution >= 0.6 is 11.6 Å². The van der Waals surface area contributed by atoms with E-state index in [9.17, 15) is 4.79 Å². The second kappa shape index (κ2) is 9.85. The standard InChI is InChI=1S/C11H9ClN2O2.C9H13NO/c1-2-16-11(15)8-5-3-4-7-9(8)13-6-14-10(7)12;1-7-3-4-8(6-10)9(5-7)11-2/h3-6H,2H2,1H3;3-5H,6,10H2,1-2H3. The molecule has 0 atom stereocenters. The lowest BCUT2D eigenvalue weighted by atomic mass is 10.1. The summed E-state index contributed by atoms with van der Waals surface area (Å²) in [4.78, 5) is 19.5. The van der Waals surface area contributed by atoms with Crippen molar-refractivity contribution in [3.05, 3.63) is 64.6 Å². The average Bonchev–Trinajstić information content (AvgIpc) is 2.68. The molecule has 2 N–H and O–H groups in total. The van der Waals surface area contributed by atoms with E-state index in [1.807, 2.05) is 25.1 Å². The predicted molar refractivity (Wildman–Crippen MR) is 106 cm³/mol. The largest absolute Gasteiger partial charge is 0.496 e. The second-order valence-electron chi connectivity index (χ2n) is 5.61. The molecule has 142 valence electrons. The van der Waals surface area contributed by atoms with E-state index in [0.717, 1.165) is 11.3 Å². The fourth-order valence-corrected chi connectivity index (χ4v) is 2.65. The lowest BCUT2D eigenvalue weighted by molar-refractivity contribution is 0.0528. The normalized spacial score (nSPS) is 10.1. The minimum absolute atomic E-state index is 0.327. The van der Waals surface area contributed by atoms with E-state index in [1.165, 1.54) is 11.9 Å². The quantitative estimate of drug-likeness (QED) is 0.539. The monoisotopic (exact) mass is 387 g/mol. The van der Waals surface area contributed by atoms with Crippen molar-refractivity contribution < 1.29 is 14.3 Å². The van der Waals surface area contributed by atoms with Crippen LogP contribution in [0.5, 0.6) is 5.75 Å². The molecule has 0 spiro atoms. The summed E-state index contributed by atoms with van der Waals surface area (Å²) in [7, 11) is 1.66. The lowest BCUT2D eigenvalue weighted by Crippen LogP contribution is -2.06. The van der Waals surface area contributed by atoms with E-state index in [0.29, 0.717) is 34.8 Å². The fourth-order valence-electron chi connectivity index (χ4n) is 2.45. The van der Waals surface area contributed by atoms with Gasteiger partial charge in [-0.2, -0.15) is 0 Å². The smallest absolute Gasteiger partial charge is 0.340 e. The van der Waals surface area contributed by atoms with Gasteiger partial charge >= 0.3 is 5.97 Å². The molecule has 1 aromatic heterocycles. The average molecular weight is 388 g/mol.